The lowest BCUT2D eigenvalue weighted by atomic mass is 9.57. The van der Waals surface area contributed by atoms with Crippen molar-refractivity contribution < 1.29 is 14.4 Å². The number of hydrogen-bond donors (Lipinski definition) is 0. The van der Waals surface area contributed by atoms with E-state index in [4.69, 9.17) is 0 Å². The molecule has 5 aliphatic heterocycles. The molecule has 26 heavy (non-hydrogen) atoms. The molecule has 6 aliphatic rings. The van der Waals surface area contributed by atoms with Gasteiger partial charge in [-0.05, 0) is 43.1 Å². The summed E-state index contributed by atoms with van der Waals surface area (Å²) in [6.07, 6.45) is 2.80. The Morgan fingerprint density at radius 3 is 2.38 bits per heavy atom. The number of nitrogens with zero attached hydrogens (tertiary/aromatic N) is 3. The van der Waals surface area contributed by atoms with Crippen LogP contribution in [0.25, 0.3) is 0 Å². The van der Waals surface area contributed by atoms with E-state index in [1.807, 2.05) is 11.9 Å². The summed E-state index contributed by atoms with van der Waals surface area (Å²) >= 11 is 0. The molecule has 0 radical (unpaired) electrons. The summed E-state index contributed by atoms with van der Waals surface area (Å²) in [6.45, 7) is 8.38. The van der Waals surface area contributed by atoms with Crippen LogP contribution in [0.3, 0.4) is 0 Å². The third kappa shape index (κ3) is 1.37. The molecule has 0 aromatic heterocycles. The number of imide groups is 1. The predicted molar refractivity (Wildman–Crippen MR) is 94.9 cm³/mol. The molecule has 6 heteroatoms. The highest BCUT2D eigenvalue weighted by molar-refractivity contribution is 6.06. The standard InChI is InChI=1S/C20H29N3O3/c1-12-6-7-23-11-19-10-18(9-14(24)21(4)15(18)25)17(2,3)13(19)8-20(12,23)16(26)22(19)5/h12-13H,6-11H2,1-5H3/t12-,13-,18-,19+,20?/m0/s1. The van der Waals surface area contributed by atoms with Crippen LogP contribution in [-0.4, -0.2) is 70.7 Å². The Kier molecular flexibility index (Phi) is 2.79. The van der Waals surface area contributed by atoms with E-state index in [-0.39, 0.29) is 41.0 Å². The zero-order valence-electron chi connectivity index (χ0n) is 16.5. The van der Waals surface area contributed by atoms with Gasteiger partial charge in [0.25, 0.3) is 0 Å². The molecule has 6 fully saturated rings. The number of likely N-dealkylation sites (N-methyl/N-ethyl adjacent to an activating group) is 1. The van der Waals surface area contributed by atoms with Crippen LogP contribution in [0.15, 0.2) is 0 Å². The number of carbonyl (C=O) groups is 3. The molecule has 6 nitrogen and oxygen atoms in total. The van der Waals surface area contributed by atoms with Gasteiger partial charge in [0.1, 0.15) is 5.54 Å². The Bertz CT molecular complexity index is 763. The number of piperidine rings is 2. The molecular formula is C20H29N3O3. The van der Waals surface area contributed by atoms with Crippen LogP contribution >= 0.6 is 0 Å². The Morgan fingerprint density at radius 2 is 1.77 bits per heavy atom. The van der Waals surface area contributed by atoms with Gasteiger partial charge in [-0.15, -0.1) is 0 Å². The summed E-state index contributed by atoms with van der Waals surface area (Å²) in [7, 11) is 3.55. The lowest BCUT2D eigenvalue weighted by Crippen LogP contribution is -2.79. The quantitative estimate of drug-likeness (QED) is 0.608. The van der Waals surface area contributed by atoms with Crippen molar-refractivity contribution in [2.24, 2.45) is 22.7 Å². The van der Waals surface area contributed by atoms with E-state index in [0.29, 0.717) is 12.3 Å². The summed E-state index contributed by atoms with van der Waals surface area (Å²) in [6, 6.07) is 0. The van der Waals surface area contributed by atoms with Crippen LogP contribution in [0.2, 0.25) is 0 Å². The van der Waals surface area contributed by atoms with E-state index < -0.39 is 11.0 Å². The molecule has 1 unspecified atom stereocenters. The van der Waals surface area contributed by atoms with Crippen LogP contribution in [0, 0.1) is 22.7 Å². The second kappa shape index (κ2) is 4.34. The number of hydrogen-bond acceptors (Lipinski definition) is 4. The smallest absolute Gasteiger partial charge is 0.243 e. The van der Waals surface area contributed by atoms with Gasteiger partial charge >= 0.3 is 0 Å². The van der Waals surface area contributed by atoms with Gasteiger partial charge in [0.05, 0.1) is 11.0 Å². The summed E-state index contributed by atoms with van der Waals surface area (Å²) in [4.78, 5) is 44.9. The minimum Gasteiger partial charge on any atom is -0.337 e. The summed E-state index contributed by atoms with van der Waals surface area (Å²) in [5.74, 6) is 0.715. The molecule has 0 aromatic carbocycles. The zero-order valence-corrected chi connectivity index (χ0v) is 16.5. The first-order valence-electron chi connectivity index (χ1n) is 9.89. The highest BCUT2D eigenvalue weighted by atomic mass is 16.2. The number of rotatable bonds is 0. The maximum Gasteiger partial charge on any atom is 0.243 e. The molecule has 1 saturated carbocycles. The third-order valence-corrected chi connectivity index (χ3v) is 9.44. The van der Waals surface area contributed by atoms with Gasteiger partial charge in [-0.2, -0.15) is 0 Å². The first kappa shape index (κ1) is 16.7. The largest absolute Gasteiger partial charge is 0.337 e. The van der Waals surface area contributed by atoms with Crippen LogP contribution in [0.1, 0.15) is 46.5 Å². The van der Waals surface area contributed by atoms with E-state index >= 15 is 0 Å². The van der Waals surface area contributed by atoms with Crippen molar-refractivity contribution in [3.8, 4) is 0 Å². The van der Waals surface area contributed by atoms with Gasteiger partial charge in [-0.25, -0.2) is 0 Å². The maximum atomic E-state index is 13.5. The van der Waals surface area contributed by atoms with Crippen LogP contribution in [-0.2, 0) is 14.4 Å². The molecule has 2 bridgehead atoms. The molecule has 5 heterocycles. The molecule has 6 rings (SSSR count). The highest BCUT2D eigenvalue weighted by Crippen LogP contribution is 2.72. The molecule has 3 spiro atoms. The second-order valence-corrected chi connectivity index (χ2v) is 10.2. The summed E-state index contributed by atoms with van der Waals surface area (Å²) in [5.41, 5.74) is -1.71. The molecule has 5 atom stereocenters. The van der Waals surface area contributed by atoms with E-state index in [1.54, 1.807) is 7.05 Å². The molecule has 142 valence electrons. The fraction of sp³-hybridized carbons (Fsp3) is 0.850. The monoisotopic (exact) mass is 359 g/mol. The fourth-order valence-electron chi connectivity index (χ4n) is 7.69. The maximum absolute atomic E-state index is 13.5. The van der Waals surface area contributed by atoms with Crippen molar-refractivity contribution in [1.82, 2.24) is 14.7 Å². The van der Waals surface area contributed by atoms with Crippen molar-refractivity contribution in [2.75, 3.05) is 27.2 Å². The summed E-state index contributed by atoms with van der Waals surface area (Å²) < 4.78 is 0. The Balaban J connectivity index is 1.70. The average Bonchev–Trinajstić information content (AvgIpc) is 3.10. The molecule has 0 aromatic rings. The van der Waals surface area contributed by atoms with Crippen molar-refractivity contribution in [3.63, 3.8) is 0 Å². The first-order chi connectivity index (χ1) is 12.0. The average molecular weight is 359 g/mol. The number of likely N-dealkylation sites (tertiary alicyclic amines) is 1. The van der Waals surface area contributed by atoms with Crippen molar-refractivity contribution >= 4 is 17.7 Å². The molecule has 1 aliphatic carbocycles. The van der Waals surface area contributed by atoms with E-state index in [1.165, 1.54) is 4.90 Å². The number of amides is 3. The van der Waals surface area contributed by atoms with Gasteiger partial charge in [0.2, 0.25) is 17.7 Å². The lowest BCUT2D eigenvalue weighted by Gasteiger charge is -2.65. The molecule has 0 N–H and O–H groups in total. The fourth-order valence-corrected chi connectivity index (χ4v) is 7.69. The van der Waals surface area contributed by atoms with Crippen LogP contribution < -0.4 is 0 Å². The molecule has 5 saturated heterocycles. The number of piperazine rings is 1. The zero-order chi connectivity index (χ0) is 18.9. The second-order valence-electron chi connectivity index (χ2n) is 10.2. The normalized spacial score (nSPS) is 49.5. The number of carbonyl (C=O) groups excluding carboxylic acids is 3. The highest BCUT2D eigenvalue weighted by Gasteiger charge is 2.80. The van der Waals surface area contributed by atoms with Gasteiger partial charge < -0.3 is 4.90 Å². The van der Waals surface area contributed by atoms with Gasteiger partial charge in [-0.3, -0.25) is 24.2 Å². The lowest BCUT2D eigenvalue weighted by molar-refractivity contribution is -0.189. The predicted octanol–water partition coefficient (Wildman–Crippen LogP) is 1.10. The number of fused-ring (bicyclic) bond motifs is 1. The van der Waals surface area contributed by atoms with E-state index in [9.17, 15) is 14.4 Å². The van der Waals surface area contributed by atoms with Crippen LogP contribution in [0.5, 0.6) is 0 Å². The minimum atomic E-state index is -0.674. The molecule has 3 amide bonds. The van der Waals surface area contributed by atoms with E-state index in [0.717, 1.165) is 25.9 Å². The Labute approximate surface area is 154 Å². The van der Waals surface area contributed by atoms with Crippen LogP contribution in [0.4, 0.5) is 0 Å². The van der Waals surface area contributed by atoms with Gasteiger partial charge in [0, 0.05) is 27.1 Å². The Hall–Kier alpha value is -1.43. The molecular weight excluding hydrogens is 330 g/mol. The third-order valence-electron chi connectivity index (χ3n) is 9.44. The van der Waals surface area contributed by atoms with Crippen molar-refractivity contribution in [2.45, 2.75) is 57.5 Å². The van der Waals surface area contributed by atoms with Gasteiger partial charge in [-0.1, -0.05) is 20.8 Å². The van der Waals surface area contributed by atoms with Gasteiger partial charge in [0.15, 0.2) is 0 Å². The van der Waals surface area contributed by atoms with Crippen molar-refractivity contribution in [1.29, 1.82) is 0 Å². The summed E-state index contributed by atoms with van der Waals surface area (Å²) in [5, 5.41) is 0. The SMILES string of the molecule is C[C@H]1CCN2C[C@]34C[C@]5(CC(=O)N(C)C5=O)C(C)(C)[C@@H]3CC12C(=O)N4C. The van der Waals surface area contributed by atoms with E-state index in [2.05, 4.69) is 25.7 Å². The minimum absolute atomic E-state index is 0.0359. The topological polar surface area (TPSA) is 60.9 Å². The Morgan fingerprint density at radius 1 is 1.08 bits per heavy atom. The first-order valence-corrected chi connectivity index (χ1v) is 9.89. The van der Waals surface area contributed by atoms with Crippen molar-refractivity contribution in [3.05, 3.63) is 0 Å².